The fraction of sp³-hybridized carbons (Fsp3) is 0.440. The van der Waals surface area contributed by atoms with Crippen LogP contribution < -0.4 is 5.73 Å². The molecule has 0 heterocycles. The molecule has 2 aromatic rings. The minimum absolute atomic E-state index is 0.156. The number of nitrogens with zero attached hydrogens (tertiary/aromatic N) is 1. The first-order valence-corrected chi connectivity index (χ1v) is 10.9. The van der Waals surface area contributed by atoms with E-state index in [1.165, 1.54) is 4.90 Å². The fourth-order valence-electron chi connectivity index (χ4n) is 3.23. The van der Waals surface area contributed by atoms with Gasteiger partial charge >= 0.3 is 12.1 Å². The molecule has 168 valence electrons. The highest BCUT2D eigenvalue weighted by atomic mass is 16.6. The molecule has 2 aromatic carbocycles. The number of carbonyl (C=O) groups is 2. The topological polar surface area (TPSA) is 81.9 Å². The van der Waals surface area contributed by atoms with Crippen molar-refractivity contribution in [2.75, 3.05) is 13.1 Å². The van der Waals surface area contributed by atoms with Crippen LogP contribution >= 0.6 is 0 Å². The summed E-state index contributed by atoms with van der Waals surface area (Å²) < 4.78 is 11.1. The third-order valence-corrected chi connectivity index (χ3v) is 4.81. The van der Waals surface area contributed by atoms with Crippen LogP contribution in [0.5, 0.6) is 0 Å². The molecule has 31 heavy (non-hydrogen) atoms. The summed E-state index contributed by atoms with van der Waals surface area (Å²) in [4.78, 5) is 27.5. The zero-order valence-electron chi connectivity index (χ0n) is 18.5. The van der Waals surface area contributed by atoms with Crippen LogP contribution in [-0.2, 0) is 27.5 Å². The number of benzene rings is 2. The Morgan fingerprint density at radius 3 is 1.94 bits per heavy atom. The van der Waals surface area contributed by atoms with Crippen molar-refractivity contribution in [3.63, 3.8) is 0 Å². The summed E-state index contributed by atoms with van der Waals surface area (Å²) in [5.41, 5.74) is 7.43. The molecule has 0 fully saturated rings. The normalized spacial score (nSPS) is 11.7. The van der Waals surface area contributed by atoms with Crippen molar-refractivity contribution in [3.8, 4) is 0 Å². The summed E-state index contributed by atoms with van der Waals surface area (Å²) in [6.45, 7) is 5.27. The number of hydrogen-bond acceptors (Lipinski definition) is 5. The smallest absolute Gasteiger partial charge is 0.410 e. The molecule has 0 saturated heterocycles. The van der Waals surface area contributed by atoms with Gasteiger partial charge in [0.25, 0.3) is 0 Å². The molecule has 0 bridgehead atoms. The zero-order chi connectivity index (χ0) is 22.5. The Hall–Kier alpha value is -2.86. The third-order valence-electron chi connectivity index (χ3n) is 4.81. The summed E-state index contributed by atoms with van der Waals surface area (Å²) in [7, 11) is 0. The van der Waals surface area contributed by atoms with Crippen LogP contribution in [-0.4, -0.2) is 36.1 Å². The highest BCUT2D eigenvalue weighted by molar-refractivity contribution is 5.81. The van der Waals surface area contributed by atoms with Gasteiger partial charge in [-0.15, -0.1) is 0 Å². The van der Waals surface area contributed by atoms with E-state index in [0.29, 0.717) is 19.5 Å². The number of rotatable bonds is 12. The number of carbonyl (C=O) groups excluding carboxylic acids is 2. The first-order chi connectivity index (χ1) is 15.0. The number of esters is 1. The average molecular weight is 427 g/mol. The molecule has 0 aromatic heterocycles. The summed E-state index contributed by atoms with van der Waals surface area (Å²) >= 11 is 0. The standard InChI is InChI=1S/C25H34N2O4/c1-20(2)17-27(25(29)31-19-22-13-7-4-8-14-22)23(15-9-10-16-26)24(28)30-18-21-11-5-3-6-12-21/h3-8,11-14,20,23H,9-10,15-19,26H2,1-2H3/t23-/m0/s1. The quantitative estimate of drug-likeness (QED) is 0.398. The van der Waals surface area contributed by atoms with Gasteiger partial charge in [-0.2, -0.15) is 0 Å². The van der Waals surface area contributed by atoms with Gasteiger partial charge < -0.3 is 15.2 Å². The van der Waals surface area contributed by atoms with Crippen molar-refractivity contribution in [1.29, 1.82) is 0 Å². The van der Waals surface area contributed by atoms with Gasteiger partial charge in [0.15, 0.2) is 0 Å². The van der Waals surface area contributed by atoms with Crippen molar-refractivity contribution in [3.05, 3.63) is 71.8 Å². The second kappa shape index (κ2) is 13.4. The van der Waals surface area contributed by atoms with Crippen molar-refractivity contribution in [2.24, 2.45) is 11.7 Å². The van der Waals surface area contributed by atoms with Crippen molar-refractivity contribution >= 4 is 12.1 Å². The van der Waals surface area contributed by atoms with E-state index in [1.807, 2.05) is 74.5 Å². The summed E-state index contributed by atoms with van der Waals surface area (Å²) in [6, 6.07) is 18.3. The van der Waals surface area contributed by atoms with Gasteiger partial charge in [-0.3, -0.25) is 4.90 Å². The van der Waals surface area contributed by atoms with Crippen LogP contribution in [0.15, 0.2) is 60.7 Å². The van der Waals surface area contributed by atoms with Gasteiger partial charge in [0, 0.05) is 6.54 Å². The summed E-state index contributed by atoms with van der Waals surface area (Å²) in [6.07, 6.45) is 1.48. The minimum atomic E-state index is -0.707. The van der Waals surface area contributed by atoms with E-state index in [9.17, 15) is 9.59 Å². The molecular weight excluding hydrogens is 392 g/mol. The van der Waals surface area contributed by atoms with E-state index >= 15 is 0 Å². The van der Waals surface area contributed by atoms with Crippen molar-refractivity contribution in [2.45, 2.75) is 52.4 Å². The molecule has 6 heteroatoms. The number of ether oxygens (including phenoxy) is 2. The monoisotopic (exact) mass is 426 g/mol. The van der Waals surface area contributed by atoms with Crippen molar-refractivity contribution < 1.29 is 19.1 Å². The lowest BCUT2D eigenvalue weighted by Crippen LogP contribution is -2.47. The maximum Gasteiger partial charge on any atom is 0.410 e. The molecule has 1 amide bonds. The van der Waals surface area contributed by atoms with E-state index in [-0.39, 0.29) is 19.1 Å². The zero-order valence-corrected chi connectivity index (χ0v) is 18.5. The fourth-order valence-corrected chi connectivity index (χ4v) is 3.23. The van der Waals surface area contributed by atoms with E-state index in [2.05, 4.69) is 0 Å². The molecule has 0 aliphatic rings. The Kier molecular flexibility index (Phi) is 10.6. The predicted molar refractivity (Wildman–Crippen MR) is 121 cm³/mol. The Labute approximate surface area is 185 Å². The number of amides is 1. The number of hydrogen-bond donors (Lipinski definition) is 1. The van der Waals surface area contributed by atoms with Crippen LogP contribution in [0, 0.1) is 5.92 Å². The van der Waals surface area contributed by atoms with E-state index < -0.39 is 18.1 Å². The molecule has 0 unspecified atom stereocenters. The highest BCUT2D eigenvalue weighted by Crippen LogP contribution is 2.17. The molecular formula is C25H34N2O4. The molecule has 2 N–H and O–H groups in total. The highest BCUT2D eigenvalue weighted by Gasteiger charge is 2.32. The average Bonchev–Trinajstić information content (AvgIpc) is 2.79. The number of unbranched alkanes of at least 4 members (excludes halogenated alkanes) is 1. The first-order valence-electron chi connectivity index (χ1n) is 10.9. The van der Waals surface area contributed by atoms with Gasteiger partial charge in [0.1, 0.15) is 19.3 Å². The van der Waals surface area contributed by atoms with Gasteiger partial charge in [-0.1, -0.05) is 74.5 Å². The molecule has 0 saturated carbocycles. The minimum Gasteiger partial charge on any atom is -0.459 e. The maximum absolute atomic E-state index is 13.0. The van der Waals surface area contributed by atoms with Crippen LogP contribution in [0.2, 0.25) is 0 Å². The lowest BCUT2D eigenvalue weighted by Gasteiger charge is -2.31. The van der Waals surface area contributed by atoms with E-state index in [0.717, 1.165) is 24.0 Å². The van der Waals surface area contributed by atoms with Crippen LogP contribution in [0.1, 0.15) is 44.2 Å². The Balaban J connectivity index is 2.10. The second-order valence-corrected chi connectivity index (χ2v) is 7.98. The van der Waals surface area contributed by atoms with E-state index in [1.54, 1.807) is 0 Å². The molecule has 2 rings (SSSR count). The third kappa shape index (κ3) is 8.80. The van der Waals surface area contributed by atoms with Gasteiger partial charge in [-0.05, 0) is 42.9 Å². The Morgan fingerprint density at radius 1 is 0.871 bits per heavy atom. The summed E-state index contributed by atoms with van der Waals surface area (Å²) in [5, 5.41) is 0. The molecule has 0 spiro atoms. The van der Waals surface area contributed by atoms with Gasteiger partial charge in [0.05, 0.1) is 0 Å². The van der Waals surface area contributed by atoms with Crippen LogP contribution in [0.4, 0.5) is 4.79 Å². The SMILES string of the molecule is CC(C)CN(C(=O)OCc1ccccc1)[C@@H](CCCCN)C(=O)OCc1ccccc1. The van der Waals surface area contributed by atoms with E-state index in [4.69, 9.17) is 15.2 Å². The Bertz CT molecular complexity index is 781. The predicted octanol–water partition coefficient (Wildman–Crippen LogP) is 4.52. The van der Waals surface area contributed by atoms with Crippen molar-refractivity contribution in [1.82, 2.24) is 4.90 Å². The lowest BCUT2D eigenvalue weighted by molar-refractivity contribution is -0.151. The second-order valence-electron chi connectivity index (χ2n) is 7.98. The van der Waals surface area contributed by atoms with Gasteiger partial charge in [-0.25, -0.2) is 9.59 Å². The molecule has 0 aliphatic heterocycles. The molecule has 0 aliphatic carbocycles. The largest absolute Gasteiger partial charge is 0.459 e. The Morgan fingerprint density at radius 2 is 1.42 bits per heavy atom. The maximum atomic E-state index is 13.0. The van der Waals surface area contributed by atoms with Crippen LogP contribution in [0.25, 0.3) is 0 Å². The molecule has 1 atom stereocenters. The van der Waals surface area contributed by atoms with Gasteiger partial charge in [0.2, 0.25) is 0 Å². The molecule has 6 nitrogen and oxygen atoms in total. The van der Waals surface area contributed by atoms with Crippen LogP contribution in [0.3, 0.4) is 0 Å². The summed E-state index contributed by atoms with van der Waals surface area (Å²) in [5.74, 6) is -0.249. The molecule has 0 radical (unpaired) electrons. The lowest BCUT2D eigenvalue weighted by atomic mass is 10.1. The number of nitrogens with two attached hydrogens (primary N) is 1. The first kappa shape index (κ1) is 24.4.